The second-order valence-corrected chi connectivity index (χ2v) is 5.06. The van der Waals surface area contributed by atoms with Gasteiger partial charge in [-0.15, -0.1) is 0 Å². The minimum absolute atomic E-state index is 0.292. The maximum absolute atomic E-state index is 8.96. The Morgan fingerprint density at radius 3 is 2.59 bits per heavy atom. The van der Waals surface area contributed by atoms with Crippen molar-refractivity contribution in [1.82, 2.24) is 5.32 Å². The van der Waals surface area contributed by atoms with E-state index in [0.29, 0.717) is 18.7 Å². The van der Waals surface area contributed by atoms with Crippen LogP contribution in [0, 0.1) is 0 Å². The third-order valence-electron chi connectivity index (χ3n) is 3.85. The lowest BCUT2D eigenvalue weighted by Gasteiger charge is -2.38. The van der Waals surface area contributed by atoms with Gasteiger partial charge in [-0.05, 0) is 37.2 Å². The number of hydrogen-bond acceptors (Lipinski definition) is 2. The first-order valence-corrected chi connectivity index (χ1v) is 6.75. The summed E-state index contributed by atoms with van der Waals surface area (Å²) < 4.78 is 0. The molecular formula is C15H23NO. The Bertz CT molecular complexity index is 319. The lowest BCUT2D eigenvalue weighted by atomic mass is 9.75. The number of benzene rings is 1. The summed E-state index contributed by atoms with van der Waals surface area (Å²) in [6.07, 6.45) is 4.47. The highest BCUT2D eigenvalue weighted by atomic mass is 16.3. The van der Waals surface area contributed by atoms with Gasteiger partial charge < -0.3 is 10.4 Å². The highest BCUT2D eigenvalue weighted by Crippen LogP contribution is 2.37. The smallest absolute Gasteiger partial charge is 0.0445 e. The van der Waals surface area contributed by atoms with E-state index in [1.54, 1.807) is 0 Å². The molecule has 2 N–H and O–H groups in total. The van der Waals surface area contributed by atoms with Crippen molar-refractivity contribution in [3.8, 4) is 0 Å². The first-order chi connectivity index (χ1) is 8.33. The first kappa shape index (κ1) is 12.6. The van der Waals surface area contributed by atoms with Crippen LogP contribution in [0.25, 0.3) is 0 Å². The van der Waals surface area contributed by atoms with Gasteiger partial charge in [0, 0.05) is 18.7 Å². The fourth-order valence-electron chi connectivity index (χ4n) is 2.65. The average Bonchev–Trinajstić information content (AvgIpc) is 2.33. The molecule has 1 aromatic rings. The van der Waals surface area contributed by atoms with Crippen molar-refractivity contribution in [2.45, 2.75) is 50.6 Å². The van der Waals surface area contributed by atoms with Crippen molar-refractivity contribution in [3.63, 3.8) is 0 Å². The van der Waals surface area contributed by atoms with Crippen LogP contribution in [-0.4, -0.2) is 23.8 Å². The van der Waals surface area contributed by atoms with E-state index in [0.717, 1.165) is 18.8 Å². The molecule has 0 amide bonds. The topological polar surface area (TPSA) is 32.3 Å². The zero-order valence-corrected chi connectivity index (χ0v) is 10.6. The standard InChI is InChI=1S/C15H23NO/c1-2-14(8-9-17)16-15-10-13(11-15)12-6-4-3-5-7-12/h3-7,13-17H,2,8-11H2,1H3. The SMILES string of the molecule is CCC(CCO)NC1CC(c2ccccc2)C1. The Balaban J connectivity index is 1.75. The minimum atomic E-state index is 0.292. The van der Waals surface area contributed by atoms with E-state index in [1.165, 1.54) is 18.4 Å². The number of aliphatic hydroxyl groups is 1. The van der Waals surface area contributed by atoms with Gasteiger partial charge >= 0.3 is 0 Å². The molecule has 94 valence electrons. The molecule has 2 nitrogen and oxygen atoms in total. The number of hydrogen-bond donors (Lipinski definition) is 2. The number of rotatable bonds is 6. The third-order valence-corrected chi connectivity index (χ3v) is 3.85. The Hall–Kier alpha value is -0.860. The van der Waals surface area contributed by atoms with E-state index in [4.69, 9.17) is 5.11 Å². The van der Waals surface area contributed by atoms with Gasteiger partial charge in [-0.25, -0.2) is 0 Å². The van der Waals surface area contributed by atoms with Crippen molar-refractivity contribution >= 4 is 0 Å². The Kier molecular flexibility index (Phi) is 4.57. The summed E-state index contributed by atoms with van der Waals surface area (Å²) in [5, 5.41) is 12.6. The van der Waals surface area contributed by atoms with Gasteiger partial charge in [-0.1, -0.05) is 37.3 Å². The van der Waals surface area contributed by atoms with Crippen molar-refractivity contribution in [3.05, 3.63) is 35.9 Å². The minimum Gasteiger partial charge on any atom is -0.396 e. The van der Waals surface area contributed by atoms with Crippen LogP contribution in [-0.2, 0) is 0 Å². The zero-order chi connectivity index (χ0) is 12.1. The van der Waals surface area contributed by atoms with Crippen LogP contribution in [0.4, 0.5) is 0 Å². The lowest BCUT2D eigenvalue weighted by molar-refractivity contribution is 0.221. The number of nitrogens with one attached hydrogen (secondary N) is 1. The predicted octanol–water partition coefficient (Wildman–Crippen LogP) is 2.68. The molecule has 0 aromatic heterocycles. The van der Waals surface area contributed by atoms with Gasteiger partial charge in [0.25, 0.3) is 0 Å². The molecule has 1 saturated carbocycles. The van der Waals surface area contributed by atoms with Gasteiger partial charge in [0.1, 0.15) is 0 Å². The molecular weight excluding hydrogens is 210 g/mol. The van der Waals surface area contributed by atoms with E-state index in [9.17, 15) is 0 Å². The van der Waals surface area contributed by atoms with E-state index in [2.05, 4.69) is 42.6 Å². The van der Waals surface area contributed by atoms with E-state index >= 15 is 0 Å². The summed E-state index contributed by atoms with van der Waals surface area (Å²) in [5.74, 6) is 0.736. The van der Waals surface area contributed by atoms with E-state index in [-0.39, 0.29) is 0 Å². The second kappa shape index (κ2) is 6.18. The average molecular weight is 233 g/mol. The largest absolute Gasteiger partial charge is 0.396 e. The lowest BCUT2D eigenvalue weighted by Crippen LogP contribution is -2.45. The maximum Gasteiger partial charge on any atom is 0.0445 e. The highest BCUT2D eigenvalue weighted by Gasteiger charge is 2.30. The third kappa shape index (κ3) is 3.30. The molecule has 0 spiro atoms. The van der Waals surface area contributed by atoms with Crippen LogP contribution in [0.15, 0.2) is 30.3 Å². The van der Waals surface area contributed by atoms with Gasteiger partial charge in [-0.3, -0.25) is 0 Å². The normalized spacial score (nSPS) is 25.3. The fraction of sp³-hybridized carbons (Fsp3) is 0.600. The van der Waals surface area contributed by atoms with Crippen molar-refractivity contribution < 1.29 is 5.11 Å². The molecule has 1 fully saturated rings. The molecule has 1 unspecified atom stereocenters. The van der Waals surface area contributed by atoms with Crippen LogP contribution < -0.4 is 5.32 Å². The fourth-order valence-corrected chi connectivity index (χ4v) is 2.65. The molecule has 2 rings (SSSR count). The van der Waals surface area contributed by atoms with E-state index in [1.807, 2.05) is 0 Å². The van der Waals surface area contributed by atoms with Crippen molar-refractivity contribution in [1.29, 1.82) is 0 Å². The molecule has 1 aliphatic rings. The zero-order valence-electron chi connectivity index (χ0n) is 10.6. The van der Waals surface area contributed by atoms with Gasteiger partial charge in [-0.2, -0.15) is 0 Å². The summed E-state index contributed by atoms with van der Waals surface area (Å²) in [7, 11) is 0. The molecule has 1 aliphatic carbocycles. The molecule has 0 aliphatic heterocycles. The van der Waals surface area contributed by atoms with Crippen LogP contribution in [0.1, 0.15) is 44.1 Å². The highest BCUT2D eigenvalue weighted by molar-refractivity contribution is 5.22. The first-order valence-electron chi connectivity index (χ1n) is 6.75. The maximum atomic E-state index is 8.96. The predicted molar refractivity (Wildman–Crippen MR) is 71.1 cm³/mol. The second-order valence-electron chi connectivity index (χ2n) is 5.06. The molecule has 0 radical (unpaired) electrons. The van der Waals surface area contributed by atoms with E-state index < -0.39 is 0 Å². The van der Waals surface area contributed by atoms with Crippen LogP contribution >= 0.6 is 0 Å². The quantitative estimate of drug-likeness (QED) is 0.792. The van der Waals surface area contributed by atoms with Crippen LogP contribution in [0.5, 0.6) is 0 Å². The Labute approximate surface area is 104 Å². The van der Waals surface area contributed by atoms with Crippen LogP contribution in [0.2, 0.25) is 0 Å². The summed E-state index contributed by atoms with van der Waals surface area (Å²) in [4.78, 5) is 0. The van der Waals surface area contributed by atoms with Crippen molar-refractivity contribution in [2.24, 2.45) is 0 Å². The molecule has 0 saturated heterocycles. The van der Waals surface area contributed by atoms with Crippen molar-refractivity contribution in [2.75, 3.05) is 6.61 Å². The summed E-state index contributed by atoms with van der Waals surface area (Å²) in [6, 6.07) is 11.9. The Morgan fingerprint density at radius 2 is 2.00 bits per heavy atom. The van der Waals surface area contributed by atoms with Gasteiger partial charge in [0.15, 0.2) is 0 Å². The molecule has 1 atom stereocenters. The molecule has 17 heavy (non-hydrogen) atoms. The molecule has 0 bridgehead atoms. The Morgan fingerprint density at radius 1 is 1.29 bits per heavy atom. The molecule has 0 heterocycles. The summed E-state index contributed by atoms with van der Waals surface area (Å²) in [6.45, 7) is 2.47. The monoisotopic (exact) mass is 233 g/mol. The molecule has 1 aromatic carbocycles. The van der Waals surface area contributed by atoms with Gasteiger partial charge in [0.05, 0.1) is 0 Å². The summed E-state index contributed by atoms with van der Waals surface area (Å²) in [5.41, 5.74) is 1.47. The van der Waals surface area contributed by atoms with Gasteiger partial charge in [0.2, 0.25) is 0 Å². The number of aliphatic hydroxyl groups excluding tert-OH is 1. The summed E-state index contributed by atoms with van der Waals surface area (Å²) >= 11 is 0. The van der Waals surface area contributed by atoms with Crippen LogP contribution in [0.3, 0.4) is 0 Å². The molecule has 2 heteroatoms.